The number of hydrogen-bond acceptors (Lipinski definition) is 2. The smallest absolute Gasteiger partial charge is 0.416 e. The summed E-state index contributed by atoms with van der Waals surface area (Å²) in [6, 6.07) is 0. The van der Waals surface area contributed by atoms with E-state index in [2.05, 4.69) is 6.92 Å². The molecule has 5 heteroatoms. The van der Waals surface area contributed by atoms with Crippen LogP contribution in [0.15, 0.2) is 0 Å². The van der Waals surface area contributed by atoms with Crippen LogP contribution in [0.4, 0.5) is 9.59 Å². The highest BCUT2D eigenvalue weighted by Gasteiger charge is 2.18. The van der Waals surface area contributed by atoms with E-state index in [1.165, 1.54) is 77.0 Å². The van der Waals surface area contributed by atoms with Gasteiger partial charge in [0.1, 0.15) is 0 Å². The van der Waals surface area contributed by atoms with E-state index in [9.17, 15) is 9.59 Å². The van der Waals surface area contributed by atoms with Gasteiger partial charge in [0.15, 0.2) is 0 Å². The molecule has 0 aromatic carbocycles. The van der Waals surface area contributed by atoms with Crippen molar-refractivity contribution in [1.29, 1.82) is 0 Å². The minimum atomic E-state index is -1.38. The molecule has 0 aliphatic heterocycles. The van der Waals surface area contributed by atoms with E-state index in [1.807, 2.05) is 0 Å². The molecule has 0 aliphatic carbocycles. The minimum Gasteiger partial charge on any atom is -0.465 e. The summed E-state index contributed by atoms with van der Waals surface area (Å²) in [5.41, 5.74) is 0. The average molecular weight is 358 g/mol. The third kappa shape index (κ3) is 16.0. The second-order valence-electron chi connectivity index (χ2n) is 7.02. The molecule has 2 N–H and O–H groups in total. The molecule has 0 saturated heterocycles. The maximum atomic E-state index is 10.7. The molecule has 0 fully saturated rings. The SMILES string of the molecule is CCCCCCCCCCCCCCCCCCN(C(=O)O)C(=O)O. The number of hydrogen-bond donors (Lipinski definition) is 2. The van der Waals surface area contributed by atoms with Gasteiger partial charge in [-0.3, -0.25) is 0 Å². The van der Waals surface area contributed by atoms with Crippen LogP contribution in [0.5, 0.6) is 0 Å². The highest BCUT2D eigenvalue weighted by atomic mass is 16.4. The number of unbranched alkanes of at least 4 members (excludes halogenated alkanes) is 15. The molecular weight excluding hydrogens is 318 g/mol. The van der Waals surface area contributed by atoms with Crippen LogP contribution in [0.3, 0.4) is 0 Å². The Morgan fingerprint density at radius 2 is 0.840 bits per heavy atom. The molecule has 0 aromatic heterocycles. The van der Waals surface area contributed by atoms with Crippen LogP contribution in [0, 0.1) is 0 Å². The predicted molar refractivity (Wildman–Crippen MR) is 102 cm³/mol. The molecule has 25 heavy (non-hydrogen) atoms. The number of amides is 2. The van der Waals surface area contributed by atoms with Gasteiger partial charge in [-0.05, 0) is 6.42 Å². The summed E-state index contributed by atoms with van der Waals surface area (Å²) in [6.07, 6.45) is 17.2. The molecular formula is C20H39NO4. The molecule has 0 spiro atoms. The van der Waals surface area contributed by atoms with E-state index in [4.69, 9.17) is 10.2 Å². The van der Waals surface area contributed by atoms with Gasteiger partial charge in [0.2, 0.25) is 0 Å². The number of imide groups is 1. The van der Waals surface area contributed by atoms with Crippen LogP contribution in [0.1, 0.15) is 110 Å². The third-order valence-electron chi connectivity index (χ3n) is 4.70. The predicted octanol–water partition coefficient (Wildman–Crippen LogP) is 6.91. The lowest BCUT2D eigenvalue weighted by Crippen LogP contribution is -2.35. The van der Waals surface area contributed by atoms with E-state index in [-0.39, 0.29) is 6.54 Å². The molecule has 0 aromatic rings. The Bertz CT molecular complexity index is 320. The highest BCUT2D eigenvalue weighted by molar-refractivity contribution is 5.85. The van der Waals surface area contributed by atoms with Crippen molar-refractivity contribution in [2.45, 2.75) is 110 Å². The molecule has 148 valence electrons. The standard InChI is InChI=1S/C20H39NO4/c1-2-3-4-5-6-7-8-9-10-11-12-13-14-15-16-17-18-21(19(22)23)20(24)25/h2-18H2,1H3,(H,22,23)(H,24,25). The molecule has 2 amide bonds. The fourth-order valence-corrected chi connectivity index (χ4v) is 3.09. The number of carbonyl (C=O) groups is 2. The van der Waals surface area contributed by atoms with Gasteiger partial charge in [-0.25, -0.2) is 14.5 Å². The lowest BCUT2D eigenvalue weighted by Gasteiger charge is -2.12. The largest absolute Gasteiger partial charge is 0.465 e. The van der Waals surface area contributed by atoms with Crippen molar-refractivity contribution >= 4 is 12.2 Å². The lowest BCUT2D eigenvalue weighted by molar-refractivity contribution is 0.122. The summed E-state index contributed by atoms with van der Waals surface area (Å²) < 4.78 is 0. The fraction of sp³-hybridized carbons (Fsp3) is 0.900. The van der Waals surface area contributed by atoms with Gasteiger partial charge in [0, 0.05) is 6.54 Å². The average Bonchev–Trinajstić information content (AvgIpc) is 2.57. The van der Waals surface area contributed by atoms with E-state index in [0.717, 1.165) is 19.3 Å². The number of nitrogens with zero attached hydrogens (tertiary/aromatic N) is 1. The number of carboxylic acid groups (broad SMARTS) is 2. The Morgan fingerprint density at radius 3 is 1.12 bits per heavy atom. The Hall–Kier alpha value is -1.26. The van der Waals surface area contributed by atoms with Crippen LogP contribution in [-0.2, 0) is 0 Å². The zero-order valence-corrected chi connectivity index (χ0v) is 16.2. The first kappa shape index (κ1) is 23.7. The minimum absolute atomic E-state index is 0.0864. The zero-order valence-electron chi connectivity index (χ0n) is 16.2. The topological polar surface area (TPSA) is 77.8 Å². The van der Waals surface area contributed by atoms with Crippen molar-refractivity contribution in [2.75, 3.05) is 6.54 Å². The number of rotatable bonds is 17. The fourth-order valence-electron chi connectivity index (χ4n) is 3.09. The Labute approximate surface area is 153 Å². The van der Waals surface area contributed by atoms with Crippen LogP contribution in [0.25, 0.3) is 0 Å². The van der Waals surface area contributed by atoms with Crippen molar-refractivity contribution in [3.05, 3.63) is 0 Å². The Kier molecular flexibility index (Phi) is 16.7. The Morgan fingerprint density at radius 1 is 0.560 bits per heavy atom. The van der Waals surface area contributed by atoms with Crippen molar-refractivity contribution < 1.29 is 19.8 Å². The molecule has 0 atom stereocenters. The van der Waals surface area contributed by atoms with Crippen LogP contribution in [-0.4, -0.2) is 33.8 Å². The second-order valence-corrected chi connectivity index (χ2v) is 7.02. The normalized spacial score (nSPS) is 10.8. The van der Waals surface area contributed by atoms with Crippen molar-refractivity contribution in [2.24, 2.45) is 0 Å². The van der Waals surface area contributed by atoms with Gasteiger partial charge in [-0.1, -0.05) is 103 Å². The van der Waals surface area contributed by atoms with Gasteiger partial charge in [0.25, 0.3) is 0 Å². The van der Waals surface area contributed by atoms with Crippen LogP contribution < -0.4 is 0 Å². The summed E-state index contributed by atoms with van der Waals surface area (Å²) in [7, 11) is 0. The second kappa shape index (κ2) is 17.6. The van der Waals surface area contributed by atoms with Crippen molar-refractivity contribution in [3.63, 3.8) is 0 Å². The van der Waals surface area contributed by atoms with E-state index >= 15 is 0 Å². The summed E-state index contributed by atoms with van der Waals surface area (Å²) >= 11 is 0. The maximum absolute atomic E-state index is 10.7. The molecule has 0 saturated carbocycles. The van der Waals surface area contributed by atoms with Crippen LogP contribution in [0.2, 0.25) is 0 Å². The summed E-state index contributed by atoms with van der Waals surface area (Å²) in [4.78, 5) is 21.8. The van der Waals surface area contributed by atoms with E-state index < -0.39 is 12.2 Å². The van der Waals surface area contributed by atoms with E-state index in [0.29, 0.717) is 11.3 Å². The maximum Gasteiger partial charge on any atom is 0.416 e. The van der Waals surface area contributed by atoms with Crippen LogP contribution >= 0.6 is 0 Å². The monoisotopic (exact) mass is 357 g/mol. The van der Waals surface area contributed by atoms with Crippen molar-refractivity contribution in [1.82, 2.24) is 4.90 Å². The van der Waals surface area contributed by atoms with Gasteiger partial charge < -0.3 is 10.2 Å². The molecule has 0 aliphatic rings. The zero-order chi connectivity index (χ0) is 18.8. The molecule has 0 heterocycles. The third-order valence-corrected chi connectivity index (χ3v) is 4.70. The van der Waals surface area contributed by atoms with Crippen molar-refractivity contribution in [3.8, 4) is 0 Å². The first-order chi connectivity index (χ1) is 12.1. The molecule has 0 rings (SSSR count). The Balaban J connectivity index is 3.21. The first-order valence-electron chi connectivity index (χ1n) is 10.3. The summed E-state index contributed by atoms with van der Waals surface area (Å²) in [5.74, 6) is 0. The van der Waals surface area contributed by atoms with Gasteiger partial charge in [-0.2, -0.15) is 0 Å². The van der Waals surface area contributed by atoms with Gasteiger partial charge >= 0.3 is 12.2 Å². The first-order valence-corrected chi connectivity index (χ1v) is 10.3. The lowest BCUT2D eigenvalue weighted by atomic mass is 10.0. The van der Waals surface area contributed by atoms with Gasteiger partial charge in [0.05, 0.1) is 0 Å². The quantitative estimate of drug-likeness (QED) is 0.277. The van der Waals surface area contributed by atoms with E-state index in [1.54, 1.807) is 0 Å². The summed E-state index contributed by atoms with van der Waals surface area (Å²) in [6.45, 7) is 2.34. The van der Waals surface area contributed by atoms with Gasteiger partial charge in [-0.15, -0.1) is 0 Å². The molecule has 0 radical (unpaired) electrons. The molecule has 5 nitrogen and oxygen atoms in total. The molecule has 0 unspecified atom stereocenters. The summed E-state index contributed by atoms with van der Waals surface area (Å²) in [5, 5.41) is 17.4. The highest BCUT2D eigenvalue weighted by Crippen LogP contribution is 2.13. The molecule has 0 bridgehead atoms.